The van der Waals surface area contributed by atoms with E-state index >= 15 is 0 Å². The zero-order valence-electron chi connectivity index (χ0n) is 19.6. The number of imide groups is 1. The van der Waals surface area contributed by atoms with E-state index < -0.39 is 17.5 Å². The normalized spacial score (nSPS) is 20.9. The first-order valence-corrected chi connectivity index (χ1v) is 11.5. The van der Waals surface area contributed by atoms with Crippen molar-refractivity contribution in [3.05, 3.63) is 60.2 Å². The van der Waals surface area contributed by atoms with Crippen LogP contribution in [0.25, 0.3) is 0 Å². The largest absolute Gasteiger partial charge is 0.495 e. The molecule has 0 aliphatic carbocycles. The number of hydrogen-bond acceptors (Lipinski definition) is 6. The van der Waals surface area contributed by atoms with Crippen LogP contribution < -0.4 is 20.4 Å². The Hall–Kier alpha value is -3.59. The van der Waals surface area contributed by atoms with Crippen molar-refractivity contribution in [1.82, 2.24) is 20.7 Å². The van der Waals surface area contributed by atoms with Crippen molar-refractivity contribution in [2.24, 2.45) is 0 Å². The van der Waals surface area contributed by atoms with E-state index in [2.05, 4.69) is 15.6 Å². The summed E-state index contributed by atoms with van der Waals surface area (Å²) in [6, 6.07) is 17.0. The molecule has 2 N–H and O–H groups in total. The highest BCUT2D eigenvalue weighted by molar-refractivity contribution is 6.07. The molecule has 0 aromatic heterocycles. The Balaban J connectivity index is 1.27. The molecule has 2 saturated heterocycles. The lowest BCUT2D eigenvalue weighted by Gasteiger charge is -2.36. The van der Waals surface area contributed by atoms with Gasteiger partial charge in [-0.05, 0) is 37.5 Å². The minimum Gasteiger partial charge on any atom is -0.495 e. The molecule has 1 unspecified atom stereocenters. The van der Waals surface area contributed by atoms with Gasteiger partial charge in [0.05, 0.1) is 19.3 Å². The van der Waals surface area contributed by atoms with Gasteiger partial charge in [-0.15, -0.1) is 0 Å². The number of piperazine rings is 1. The number of para-hydroxylation sites is 2. The van der Waals surface area contributed by atoms with Crippen molar-refractivity contribution in [1.29, 1.82) is 0 Å². The molecular formula is C25H31N5O4. The molecule has 2 heterocycles. The third-order valence-corrected chi connectivity index (χ3v) is 6.42. The predicted octanol–water partition coefficient (Wildman–Crippen LogP) is 1.79. The summed E-state index contributed by atoms with van der Waals surface area (Å²) < 4.78 is 5.45. The number of carbonyl (C=O) groups is 3. The van der Waals surface area contributed by atoms with E-state index in [1.807, 2.05) is 59.5 Å². The number of hydrazine groups is 1. The van der Waals surface area contributed by atoms with Crippen LogP contribution in [0.4, 0.5) is 10.5 Å². The Morgan fingerprint density at radius 3 is 2.41 bits per heavy atom. The molecule has 4 rings (SSSR count). The fourth-order valence-electron chi connectivity index (χ4n) is 4.40. The summed E-state index contributed by atoms with van der Waals surface area (Å²) in [4.78, 5) is 42.3. The molecule has 0 radical (unpaired) electrons. The summed E-state index contributed by atoms with van der Waals surface area (Å²) >= 11 is 0. The monoisotopic (exact) mass is 465 g/mol. The smallest absolute Gasteiger partial charge is 0.344 e. The molecule has 34 heavy (non-hydrogen) atoms. The minimum atomic E-state index is -1.05. The first-order chi connectivity index (χ1) is 16.4. The number of carbonyl (C=O) groups excluding carboxylic acids is 3. The van der Waals surface area contributed by atoms with Crippen LogP contribution in [0.5, 0.6) is 5.75 Å². The molecule has 9 nitrogen and oxygen atoms in total. The zero-order chi connectivity index (χ0) is 24.1. The van der Waals surface area contributed by atoms with Gasteiger partial charge in [0.15, 0.2) is 0 Å². The molecule has 2 aliphatic heterocycles. The topological polar surface area (TPSA) is 94.2 Å². The second kappa shape index (κ2) is 10.1. The molecule has 4 amide bonds. The molecule has 1 atom stereocenters. The van der Waals surface area contributed by atoms with Gasteiger partial charge >= 0.3 is 6.03 Å². The van der Waals surface area contributed by atoms with E-state index in [4.69, 9.17) is 4.74 Å². The van der Waals surface area contributed by atoms with E-state index in [-0.39, 0.29) is 12.5 Å². The number of nitrogens with one attached hydrogen (secondary N) is 2. The van der Waals surface area contributed by atoms with Gasteiger partial charge in [-0.25, -0.2) is 4.79 Å². The standard InChI is InChI=1S/C25H31N5O4/c1-25(13-12-19-8-4-3-5-9-19)23(32)30(24(33)26-25)27-22(31)18-28-14-16-29(17-15-28)20-10-6-7-11-21(20)34-2/h3-11H,12-18H2,1-2H3,(H,26,33)(H,27,31). The van der Waals surface area contributed by atoms with Crippen LogP contribution in [0.15, 0.2) is 54.6 Å². The maximum Gasteiger partial charge on any atom is 0.344 e. The van der Waals surface area contributed by atoms with Crippen LogP contribution >= 0.6 is 0 Å². The van der Waals surface area contributed by atoms with Crippen LogP contribution in [0.1, 0.15) is 18.9 Å². The Morgan fingerprint density at radius 1 is 1.03 bits per heavy atom. The fraction of sp³-hybridized carbons (Fsp3) is 0.400. The first-order valence-electron chi connectivity index (χ1n) is 11.5. The predicted molar refractivity (Wildman–Crippen MR) is 128 cm³/mol. The number of hydrogen-bond donors (Lipinski definition) is 2. The van der Waals surface area contributed by atoms with Crippen molar-refractivity contribution in [2.75, 3.05) is 44.7 Å². The highest BCUT2D eigenvalue weighted by Gasteiger charge is 2.48. The second-order valence-corrected chi connectivity index (χ2v) is 8.86. The molecule has 0 spiro atoms. The quantitative estimate of drug-likeness (QED) is 0.578. The van der Waals surface area contributed by atoms with E-state index in [1.54, 1.807) is 14.0 Å². The van der Waals surface area contributed by atoms with Gasteiger partial charge in [-0.2, -0.15) is 5.01 Å². The van der Waals surface area contributed by atoms with Gasteiger partial charge in [0.2, 0.25) is 0 Å². The zero-order valence-corrected chi connectivity index (χ0v) is 19.6. The number of aryl methyl sites for hydroxylation is 1. The van der Waals surface area contributed by atoms with Crippen LogP contribution in [0, 0.1) is 0 Å². The highest BCUT2D eigenvalue weighted by atomic mass is 16.5. The summed E-state index contributed by atoms with van der Waals surface area (Å²) in [6.45, 7) is 4.65. The summed E-state index contributed by atoms with van der Waals surface area (Å²) in [7, 11) is 1.65. The molecule has 2 aromatic carbocycles. The molecular weight excluding hydrogens is 434 g/mol. The molecule has 180 valence electrons. The number of rotatable bonds is 8. The number of urea groups is 1. The van der Waals surface area contributed by atoms with Crippen LogP contribution in [0.2, 0.25) is 0 Å². The molecule has 2 fully saturated rings. The van der Waals surface area contributed by atoms with Gasteiger partial charge in [0.25, 0.3) is 11.8 Å². The number of methoxy groups -OCH3 is 1. The maximum absolute atomic E-state index is 12.9. The van der Waals surface area contributed by atoms with Gasteiger partial charge in [0, 0.05) is 26.2 Å². The number of anilines is 1. The molecule has 0 bridgehead atoms. The molecule has 2 aliphatic rings. The van der Waals surface area contributed by atoms with Crippen molar-refractivity contribution in [3.8, 4) is 5.75 Å². The van der Waals surface area contributed by atoms with Crippen molar-refractivity contribution in [3.63, 3.8) is 0 Å². The first kappa shape index (κ1) is 23.6. The lowest BCUT2D eigenvalue weighted by atomic mass is 9.93. The average Bonchev–Trinajstić information content (AvgIpc) is 3.07. The minimum absolute atomic E-state index is 0.109. The van der Waals surface area contributed by atoms with E-state index in [0.717, 1.165) is 35.1 Å². The summed E-state index contributed by atoms with van der Waals surface area (Å²) in [5.74, 6) is -0.00751. The number of ether oxygens (including phenoxy) is 1. The van der Waals surface area contributed by atoms with Crippen LogP contribution in [-0.4, -0.2) is 73.1 Å². The fourth-order valence-corrected chi connectivity index (χ4v) is 4.40. The highest BCUT2D eigenvalue weighted by Crippen LogP contribution is 2.28. The van der Waals surface area contributed by atoms with Crippen molar-refractivity contribution < 1.29 is 19.1 Å². The summed E-state index contributed by atoms with van der Waals surface area (Å²) in [6.07, 6.45) is 1.08. The van der Waals surface area contributed by atoms with Gasteiger partial charge in [-0.1, -0.05) is 42.5 Å². The molecule has 0 saturated carbocycles. The van der Waals surface area contributed by atoms with E-state index in [1.165, 1.54) is 0 Å². The van der Waals surface area contributed by atoms with Gasteiger partial charge < -0.3 is 15.0 Å². The molecule has 2 aromatic rings. The average molecular weight is 466 g/mol. The number of amides is 4. The van der Waals surface area contributed by atoms with E-state index in [0.29, 0.717) is 25.9 Å². The summed E-state index contributed by atoms with van der Waals surface area (Å²) in [5, 5.41) is 3.55. The molecule has 9 heteroatoms. The SMILES string of the molecule is COc1ccccc1N1CCN(CC(=O)NN2C(=O)NC(C)(CCc3ccccc3)C2=O)CC1. The Labute approximate surface area is 199 Å². The van der Waals surface area contributed by atoms with Gasteiger partial charge in [-0.3, -0.25) is 19.9 Å². The van der Waals surface area contributed by atoms with Crippen molar-refractivity contribution in [2.45, 2.75) is 25.3 Å². The summed E-state index contributed by atoms with van der Waals surface area (Å²) in [5.41, 5.74) is 3.56. The Bertz CT molecular complexity index is 1040. The van der Waals surface area contributed by atoms with Crippen LogP contribution in [0.3, 0.4) is 0 Å². The second-order valence-electron chi connectivity index (χ2n) is 8.86. The van der Waals surface area contributed by atoms with E-state index in [9.17, 15) is 14.4 Å². The Kier molecular flexibility index (Phi) is 7.02. The maximum atomic E-state index is 12.9. The lowest BCUT2D eigenvalue weighted by Crippen LogP contribution is -2.54. The number of benzene rings is 2. The third-order valence-electron chi connectivity index (χ3n) is 6.42. The van der Waals surface area contributed by atoms with Gasteiger partial charge in [0.1, 0.15) is 11.3 Å². The number of nitrogens with zero attached hydrogens (tertiary/aromatic N) is 3. The lowest BCUT2D eigenvalue weighted by molar-refractivity contribution is -0.139. The third kappa shape index (κ3) is 5.14. The van der Waals surface area contributed by atoms with Crippen LogP contribution in [-0.2, 0) is 16.0 Å². The Morgan fingerprint density at radius 2 is 1.71 bits per heavy atom. The van der Waals surface area contributed by atoms with Crippen molar-refractivity contribution >= 4 is 23.5 Å².